The highest BCUT2D eigenvalue weighted by molar-refractivity contribution is 5.48. The molecule has 1 spiro atoms. The molecule has 27 heavy (non-hydrogen) atoms. The lowest BCUT2D eigenvalue weighted by atomic mass is 9.77. The maximum atomic E-state index is 13.3. The third-order valence-corrected chi connectivity index (χ3v) is 6.87. The molecular weight excluding hydrogens is 355 g/mol. The molecular formula is C20H28F3N3O. The molecule has 1 aromatic heterocycles. The fourth-order valence-corrected chi connectivity index (χ4v) is 5.18. The molecule has 1 aliphatic carbocycles. The van der Waals surface area contributed by atoms with Crippen molar-refractivity contribution < 1.29 is 18.3 Å². The minimum absolute atomic E-state index is 0.0796. The van der Waals surface area contributed by atoms with E-state index in [1.807, 2.05) is 4.90 Å². The van der Waals surface area contributed by atoms with Crippen LogP contribution in [0.4, 0.5) is 19.0 Å². The molecule has 1 aromatic rings. The third kappa shape index (κ3) is 3.94. The molecule has 0 amide bonds. The number of anilines is 1. The molecule has 4 rings (SSSR count). The molecule has 7 heteroatoms. The Labute approximate surface area is 158 Å². The van der Waals surface area contributed by atoms with Crippen LogP contribution in [0.5, 0.6) is 0 Å². The Morgan fingerprint density at radius 1 is 1.04 bits per heavy atom. The van der Waals surface area contributed by atoms with Gasteiger partial charge in [-0.05, 0) is 69.0 Å². The fourth-order valence-electron chi connectivity index (χ4n) is 5.18. The van der Waals surface area contributed by atoms with Gasteiger partial charge in [0, 0.05) is 31.9 Å². The van der Waals surface area contributed by atoms with Crippen LogP contribution in [0.3, 0.4) is 0 Å². The summed E-state index contributed by atoms with van der Waals surface area (Å²) in [5.74, 6) is 0.0796. The molecule has 3 heterocycles. The van der Waals surface area contributed by atoms with Crippen molar-refractivity contribution in [2.75, 3.05) is 31.1 Å². The van der Waals surface area contributed by atoms with Crippen LogP contribution in [-0.4, -0.2) is 53.3 Å². The number of hydrogen-bond donors (Lipinski definition) is 1. The molecule has 0 atom stereocenters. The molecule has 0 bridgehead atoms. The number of piperidine rings is 1. The van der Waals surface area contributed by atoms with Gasteiger partial charge in [0.15, 0.2) is 0 Å². The summed E-state index contributed by atoms with van der Waals surface area (Å²) in [4.78, 5) is 8.44. The fraction of sp³-hybridized carbons (Fsp3) is 0.750. The molecule has 2 saturated heterocycles. The van der Waals surface area contributed by atoms with Crippen LogP contribution in [0.1, 0.15) is 50.5 Å². The Morgan fingerprint density at radius 3 is 2.37 bits per heavy atom. The summed E-state index contributed by atoms with van der Waals surface area (Å²) in [6.07, 6.45) is 3.83. The molecule has 3 fully saturated rings. The zero-order chi connectivity index (χ0) is 19.1. The summed E-state index contributed by atoms with van der Waals surface area (Å²) in [7, 11) is 0. The molecule has 0 unspecified atom stereocenters. The summed E-state index contributed by atoms with van der Waals surface area (Å²) in [5, 5.41) is 9.72. The lowest BCUT2D eigenvalue weighted by molar-refractivity contribution is -0.137. The third-order valence-electron chi connectivity index (χ3n) is 6.87. The van der Waals surface area contributed by atoms with Gasteiger partial charge in [-0.2, -0.15) is 13.2 Å². The van der Waals surface area contributed by atoms with Crippen molar-refractivity contribution in [3.63, 3.8) is 0 Å². The Kier molecular flexibility index (Phi) is 5.10. The number of hydrogen-bond acceptors (Lipinski definition) is 4. The van der Waals surface area contributed by atoms with Crippen LogP contribution in [-0.2, 0) is 6.18 Å². The van der Waals surface area contributed by atoms with E-state index in [-0.39, 0.29) is 17.3 Å². The summed E-state index contributed by atoms with van der Waals surface area (Å²) in [5.41, 5.74) is -0.394. The molecule has 1 saturated carbocycles. The van der Waals surface area contributed by atoms with E-state index >= 15 is 0 Å². The predicted molar refractivity (Wildman–Crippen MR) is 97.6 cm³/mol. The van der Waals surface area contributed by atoms with Gasteiger partial charge in [-0.25, -0.2) is 4.98 Å². The van der Waals surface area contributed by atoms with Crippen molar-refractivity contribution >= 4 is 5.82 Å². The first-order valence-electron chi connectivity index (χ1n) is 10.1. The van der Waals surface area contributed by atoms with E-state index in [4.69, 9.17) is 0 Å². The second-order valence-electron chi connectivity index (χ2n) is 8.54. The van der Waals surface area contributed by atoms with Crippen LogP contribution in [0, 0.1) is 5.41 Å². The largest absolute Gasteiger partial charge is 0.419 e. The maximum Gasteiger partial charge on any atom is 0.419 e. The maximum absolute atomic E-state index is 13.3. The van der Waals surface area contributed by atoms with E-state index in [1.165, 1.54) is 12.3 Å². The zero-order valence-corrected chi connectivity index (χ0v) is 15.6. The lowest BCUT2D eigenvalue weighted by Gasteiger charge is -2.41. The van der Waals surface area contributed by atoms with E-state index < -0.39 is 11.7 Å². The SMILES string of the molecule is OC1CCC(N2CCC3(CCN(c4ncccc4C(F)(F)F)CC3)C2)CC1. The van der Waals surface area contributed by atoms with Gasteiger partial charge in [-0.3, -0.25) is 4.90 Å². The summed E-state index contributed by atoms with van der Waals surface area (Å²) in [6, 6.07) is 3.05. The van der Waals surface area contributed by atoms with Gasteiger partial charge in [0.2, 0.25) is 0 Å². The average Bonchev–Trinajstić information content (AvgIpc) is 3.06. The minimum atomic E-state index is -4.37. The highest BCUT2D eigenvalue weighted by atomic mass is 19.4. The van der Waals surface area contributed by atoms with Crippen molar-refractivity contribution in [3.8, 4) is 0 Å². The first-order chi connectivity index (χ1) is 12.9. The Balaban J connectivity index is 1.39. The number of rotatable bonds is 2. The van der Waals surface area contributed by atoms with Gasteiger partial charge in [-0.1, -0.05) is 0 Å². The van der Waals surface area contributed by atoms with Crippen LogP contribution >= 0.6 is 0 Å². The quantitative estimate of drug-likeness (QED) is 0.845. The second-order valence-corrected chi connectivity index (χ2v) is 8.54. The van der Waals surface area contributed by atoms with Crippen molar-refractivity contribution in [3.05, 3.63) is 23.9 Å². The normalized spacial score (nSPS) is 29.4. The van der Waals surface area contributed by atoms with Crippen LogP contribution in [0.25, 0.3) is 0 Å². The monoisotopic (exact) mass is 383 g/mol. The standard InChI is InChI=1S/C20H28F3N3O/c21-20(22,23)17-2-1-10-24-18(17)25-11-7-19(8-12-25)9-13-26(14-19)15-3-5-16(27)6-4-15/h1-2,10,15-16,27H,3-9,11-14H2. The Morgan fingerprint density at radius 2 is 1.70 bits per heavy atom. The van der Waals surface area contributed by atoms with Gasteiger partial charge >= 0.3 is 6.18 Å². The topological polar surface area (TPSA) is 39.6 Å². The number of nitrogens with zero attached hydrogens (tertiary/aromatic N) is 3. The van der Waals surface area contributed by atoms with E-state index in [1.54, 1.807) is 0 Å². The Hall–Kier alpha value is -1.34. The molecule has 2 aliphatic heterocycles. The Bertz CT molecular complexity index is 650. The van der Waals surface area contributed by atoms with Crippen LogP contribution in [0.15, 0.2) is 18.3 Å². The predicted octanol–water partition coefficient (Wildman–Crippen LogP) is 3.70. The number of aliphatic hydroxyl groups excluding tert-OH is 1. The molecule has 150 valence electrons. The van der Waals surface area contributed by atoms with Crippen LogP contribution < -0.4 is 4.90 Å². The molecule has 4 nitrogen and oxygen atoms in total. The second kappa shape index (κ2) is 7.24. The first-order valence-corrected chi connectivity index (χ1v) is 10.1. The molecule has 3 aliphatic rings. The van der Waals surface area contributed by atoms with Gasteiger partial charge < -0.3 is 10.0 Å². The number of aromatic nitrogens is 1. The van der Waals surface area contributed by atoms with E-state index in [2.05, 4.69) is 9.88 Å². The van der Waals surface area contributed by atoms with Crippen molar-refractivity contribution in [1.29, 1.82) is 0 Å². The summed E-state index contributed by atoms with van der Waals surface area (Å²) < 4.78 is 39.9. The number of likely N-dealkylation sites (tertiary alicyclic amines) is 1. The number of aliphatic hydroxyl groups is 1. The molecule has 0 radical (unpaired) electrons. The van der Waals surface area contributed by atoms with Gasteiger partial charge in [0.05, 0.1) is 11.7 Å². The highest BCUT2D eigenvalue weighted by Gasteiger charge is 2.44. The van der Waals surface area contributed by atoms with Gasteiger partial charge in [0.1, 0.15) is 5.82 Å². The molecule has 0 aromatic carbocycles. The first kappa shape index (κ1) is 19.0. The lowest BCUT2D eigenvalue weighted by Crippen LogP contribution is -2.44. The van der Waals surface area contributed by atoms with Crippen molar-refractivity contribution in [2.45, 2.75) is 63.3 Å². The molecule has 1 N–H and O–H groups in total. The number of halogens is 3. The van der Waals surface area contributed by atoms with Crippen molar-refractivity contribution in [2.24, 2.45) is 5.41 Å². The average molecular weight is 383 g/mol. The van der Waals surface area contributed by atoms with E-state index in [0.717, 1.165) is 64.1 Å². The minimum Gasteiger partial charge on any atom is -0.393 e. The summed E-state index contributed by atoms with van der Waals surface area (Å²) in [6.45, 7) is 3.41. The summed E-state index contributed by atoms with van der Waals surface area (Å²) >= 11 is 0. The number of pyridine rings is 1. The number of alkyl halides is 3. The zero-order valence-electron chi connectivity index (χ0n) is 15.6. The van der Waals surface area contributed by atoms with E-state index in [9.17, 15) is 18.3 Å². The van der Waals surface area contributed by atoms with Crippen molar-refractivity contribution in [1.82, 2.24) is 9.88 Å². The van der Waals surface area contributed by atoms with Gasteiger partial charge in [-0.15, -0.1) is 0 Å². The van der Waals surface area contributed by atoms with E-state index in [0.29, 0.717) is 19.1 Å². The highest BCUT2D eigenvalue weighted by Crippen LogP contribution is 2.44. The smallest absolute Gasteiger partial charge is 0.393 e. The van der Waals surface area contributed by atoms with Crippen LogP contribution in [0.2, 0.25) is 0 Å². The van der Waals surface area contributed by atoms with Gasteiger partial charge in [0.25, 0.3) is 0 Å².